The first-order chi connectivity index (χ1) is 8.22. The van der Waals surface area contributed by atoms with Gasteiger partial charge in [0.05, 0.1) is 14.2 Å². The van der Waals surface area contributed by atoms with Crippen molar-refractivity contribution in [2.45, 2.75) is 25.3 Å². The fourth-order valence-electron chi connectivity index (χ4n) is 1.76. The number of rotatable bonds is 7. The second kappa shape index (κ2) is 9.03. The lowest BCUT2D eigenvalue weighted by molar-refractivity contribution is 0.354. The molecule has 1 aromatic rings. The number of hydrogen-bond acceptors (Lipinski definition) is 4. The van der Waals surface area contributed by atoms with Gasteiger partial charge in [-0.15, -0.1) is 12.4 Å². The first-order valence-electron chi connectivity index (χ1n) is 5.90. The number of hydrogen-bond donors (Lipinski definition) is 2. The Morgan fingerprint density at radius 3 is 2.33 bits per heavy atom. The minimum absolute atomic E-state index is 0. The van der Waals surface area contributed by atoms with Crippen molar-refractivity contribution in [3.8, 4) is 11.5 Å². The largest absolute Gasteiger partial charge is 0.493 e. The second-order valence-corrected chi connectivity index (χ2v) is 4.01. The maximum absolute atomic E-state index is 6.11. The molecule has 0 saturated heterocycles. The molecule has 1 atom stereocenters. The van der Waals surface area contributed by atoms with Gasteiger partial charge in [-0.25, -0.2) is 0 Å². The molecule has 104 valence electrons. The Kier molecular flexibility index (Phi) is 8.54. The van der Waals surface area contributed by atoms with Gasteiger partial charge in [0, 0.05) is 6.04 Å². The van der Waals surface area contributed by atoms with Gasteiger partial charge in [0.2, 0.25) is 0 Å². The molecular weight excluding hydrogens is 252 g/mol. The van der Waals surface area contributed by atoms with E-state index in [1.165, 1.54) is 0 Å². The van der Waals surface area contributed by atoms with Crippen molar-refractivity contribution < 1.29 is 9.47 Å². The highest BCUT2D eigenvalue weighted by Crippen LogP contribution is 2.30. The number of unbranched alkanes of at least 4 members (excludes halogenated alkanes) is 1. The van der Waals surface area contributed by atoms with E-state index in [0.29, 0.717) is 0 Å². The van der Waals surface area contributed by atoms with Crippen LogP contribution in [0.25, 0.3) is 0 Å². The molecular formula is C13H23ClN2O2. The smallest absolute Gasteiger partial charge is 0.161 e. The van der Waals surface area contributed by atoms with Gasteiger partial charge in [-0.05, 0) is 37.1 Å². The van der Waals surface area contributed by atoms with Crippen LogP contribution in [0.1, 0.15) is 30.9 Å². The Morgan fingerprint density at radius 1 is 1.11 bits per heavy atom. The van der Waals surface area contributed by atoms with Crippen LogP contribution in [0.5, 0.6) is 11.5 Å². The van der Waals surface area contributed by atoms with E-state index in [4.69, 9.17) is 20.9 Å². The molecule has 0 bridgehead atoms. The van der Waals surface area contributed by atoms with Crippen LogP contribution in [0.4, 0.5) is 0 Å². The minimum Gasteiger partial charge on any atom is -0.493 e. The number of benzene rings is 1. The first-order valence-corrected chi connectivity index (χ1v) is 5.90. The average Bonchev–Trinajstić information content (AvgIpc) is 2.38. The highest BCUT2D eigenvalue weighted by molar-refractivity contribution is 5.85. The highest BCUT2D eigenvalue weighted by atomic mass is 35.5. The summed E-state index contributed by atoms with van der Waals surface area (Å²) in [5, 5.41) is 0. The Balaban J connectivity index is 0.00000289. The van der Waals surface area contributed by atoms with Crippen LogP contribution in [0, 0.1) is 0 Å². The van der Waals surface area contributed by atoms with Crippen LogP contribution in [-0.4, -0.2) is 20.8 Å². The Bertz CT molecular complexity index is 348. The standard InChI is InChI=1S/C13H22N2O2.ClH/c1-16-12-7-6-10(9-13(12)17-2)11(15)5-3-4-8-14;/h6-7,9,11H,3-5,8,14-15H2,1-2H3;1H/t11-;/m1./s1. The van der Waals surface area contributed by atoms with Crippen molar-refractivity contribution in [2.75, 3.05) is 20.8 Å². The van der Waals surface area contributed by atoms with Crippen LogP contribution in [0.3, 0.4) is 0 Å². The number of methoxy groups -OCH3 is 2. The lowest BCUT2D eigenvalue weighted by Gasteiger charge is -2.14. The van der Waals surface area contributed by atoms with Crippen molar-refractivity contribution in [2.24, 2.45) is 11.5 Å². The Labute approximate surface area is 115 Å². The highest BCUT2D eigenvalue weighted by Gasteiger charge is 2.10. The summed E-state index contributed by atoms with van der Waals surface area (Å²) in [6.45, 7) is 0.721. The quantitative estimate of drug-likeness (QED) is 0.748. The summed E-state index contributed by atoms with van der Waals surface area (Å²) in [5.41, 5.74) is 12.6. The zero-order valence-electron chi connectivity index (χ0n) is 11.0. The molecule has 0 amide bonds. The summed E-state index contributed by atoms with van der Waals surface area (Å²) in [4.78, 5) is 0. The molecule has 18 heavy (non-hydrogen) atoms. The summed E-state index contributed by atoms with van der Waals surface area (Å²) in [6.07, 6.45) is 3.00. The minimum atomic E-state index is 0. The summed E-state index contributed by atoms with van der Waals surface area (Å²) in [5.74, 6) is 1.45. The van der Waals surface area contributed by atoms with Crippen molar-refractivity contribution in [1.82, 2.24) is 0 Å². The molecule has 0 aliphatic rings. The molecule has 0 radical (unpaired) electrons. The van der Waals surface area contributed by atoms with Crippen LogP contribution in [-0.2, 0) is 0 Å². The lowest BCUT2D eigenvalue weighted by Crippen LogP contribution is -2.11. The molecule has 0 saturated carbocycles. The van der Waals surface area contributed by atoms with E-state index in [9.17, 15) is 0 Å². The summed E-state index contributed by atoms with van der Waals surface area (Å²) >= 11 is 0. The van der Waals surface area contributed by atoms with Crippen molar-refractivity contribution in [3.63, 3.8) is 0 Å². The summed E-state index contributed by atoms with van der Waals surface area (Å²) < 4.78 is 10.4. The molecule has 4 nitrogen and oxygen atoms in total. The third kappa shape index (κ3) is 4.72. The number of halogens is 1. The third-order valence-corrected chi connectivity index (χ3v) is 2.81. The maximum atomic E-state index is 6.11. The van der Waals surface area contributed by atoms with Crippen LogP contribution in [0.15, 0.2) is 18.2 Å². The summed E-state index contributed by atoms with van der Waals surface area (Å²) in [7, 11) is 3.25. The van der Waals surface area contributed by atoms with E-state index in [1.807, 2.05) is 18.2 Å². The Morgan fingerprint density at radius 2 is 1.78 bits per heavy atom. The molecule has 0 fully saturated rings. The molecule has 1 rings (SSSR count). The normalized spacial score (nSPS) is 11.6. The average molecular weight is 275 g/mol. The first kappa shape index (κ1) is 17.0. The molecule has 0 aliphatic carbocycles. The van der Waals surface area contributed by atoms with E-state index in [2.05, 4.69) is 0 Å². The fraction of sp³-hybridized carbons (Fsp3) is 0.538. The SMILES string of the molecule is COc1ccc([C@H](N)CCCCN)cc1OC.Cl. The predicted molar refractivity (Wildman–Crippen MR) is 76.6 cm³/mol. The van der Waals surface area contributed by atoms with Gasteiger partial charge in [0.15, 0.2) is 11.5 Å². The zero-order valence-corrected chi connectivity index (χ0v) is 11.8. The zero-order chi connectivity index (χ0) is 12.7. The Hall–Kier alpha value is -0.970. The molecule has 5 heteroatoms. The van der Waals surface area contributed by atoms with Crippen LogP contribution < -0.4 is 20.9 Å². The van der Waals surface area contributed by atoms with Gasteiger partial charge < -0.3 is 20.9 Å². The van der Waals surface area contributed by atoms with E-state index in [-0.39, 0.29) is 18.4 Å². The molecule has 0 unspecified atom stereocenters. The van der Waals surface area contributed by atoms with Crippen molar-refractivity contribution in [3.05, 3.63) is 23.8 Å². The molecule has 0 aromatic heterocycles. The van der Waals surface area contributed by atoms with Gasteiger partial charge in [0.25, 0.3) is 0 Å². The van der Waals surface area contributed by atoms with Gasteiger partial charge in [-0.2, -0.15) is 0 Å². The maximum Gasteiger partial charge on any atom is 0.161 e. The number of nitrogens with two attached hydrogens (primary N) is 2. The van der Waals surface area contributed by atoms with E-state index in [0.717, 1.165) is 42.9 Å². The van der Waals surface area contributed by atoms with Crippen LogP contribution in [0.2, 0.25) is 0 Å². The molecule has 0 aliphatic heterocycles. The second-order valence-electron chi connectivity index (χ2n) is 4.01. The topological polar surface area (TPSA) is 70.5 Å². The summed E-state index contributed by atoms with van der Waals surface area (Å²) in [6, 6.07) is 5.83. The van der Waals surface area contributed by atoms with Gasteiger partial charge in [-0.3, -0.25) is 0 Å². The third-order valence-electron chi connectivity index (χ3n) is 2.81. The van der Waals surface area contributed by atoms with Crippen LogP contribution >= 0.6 is 12.4 Å². The van der Waals surface area contributed by atoms with E-state index < -0.39 is 0 Å². The predicted octanol–water partition coefficient (Wildman–Crippen LogP) is 2.25. The number of ether oxygens (including phenoxy) is 2. The van der Waals surface area contributed by atoms with E-state index >= 15 is 0 Å². The molecule has 1 aromatic carbocycles. The lowest BCUT2D eigenvalue weighted by atomic mass is 10.0. The molecule has 0 spiro atoms. The van der Waals surface area contributed by atoms with E-state index in [1.54, 1.807) is 14.2 Å². The van der Waals surface area contributed by atoms with Gasteiger partial charge in [-0.1, -0.05) is 12.5 Å². The molecule has 0 heterocycles. The molecule has 4 N–H and O–H groups in total. The van der Waals surface area contributed by atoms with Gasteiger partial charge in [0.1, 0.15) is 0 Å². The van der Waals surface area contributed by atoms with Crippen molar-refractivity contribution in [1.29, 1.82) is 0 Å². The monoisotopic (exact) mass is 274 g/mol. The van der Waals surface area contributed by atoms with Crippen molar-refractivity contribution >= 4 is 12.4 Å². The fourth-order valence-corrected chi connectivity index (χ4v) is 1.76. The van der Waals surface area contributed by atoms with Gasteiger partial charge >= 0.3 is 0 Å².